The van der Waals surface area contributed by atoms with E-state index in [4.69, 9.17) is 9.26 Å². The smallest absolute Gasteiger partial charge is 0.280 e. The van der Waals surface area contributed by atoms with Gasteiger partial charge in [-0.1, -0.05) is 35.0 Å². The molecule has 26 heavy (non-hydrogen) atoms. The normalized spacial score (nSPS) is 14.9. The highest BCUT2D eigenvalue weighted by Crippen LogP contribution is 2.40. The number of anilines is 1. The van der Waals surface area contributed by atoms with E-state index >= 15 is 0 Å². The summed E-state index contributed by atoms with van der Waals surface area (Å²) in [7, 11) is 0. The molecule has 0 bridgehead atoms. The maximum absolute atomic E-state index is 13.2. The molecule has 130 valence electrons. The molecule has 2 aliphatic heterocycles. The number of fused-ring (bicyclic) bond motifs is 4. The number of hydrogen-bond acceptors (Lipinski definition) is 4. The van der Waals surface area contributed by atoms with Crippen molar-refractivity contribution in [1.82, 2.24) is 5.16 Å². The second-order valence-electron chi connectivity index (χ2n) is 6.82. The Morgan fingerprint density at radius 1 is 1.19 bits per heavy atom. The Kier molecular flexibility index (Phi) is 3.35. The summed E-state index contributed by atoms with van der Waals surface area (Å²) < 4.78 is 11.4. The third-order valence-electron chi connectivity index (χ3n) is 5.10. The van der Waals surface area contributed by atoms with Crippen molar-refractivity contribution in [2.75, 3.05) is 11.4 Å². The lowest BCUT2D eigenvalue weighted by atomic mass is 9.99. The molecule has 3 heterocycles. The van der Waals surface area contributed by atoms with Gasteiger partial charge < -0.3 is 14.2 Å². The second-order valence-corrected chi connectivity index (χ2v) is 6.82. The van der Waals surface area contributed by atoms with Gasteiger partial charge in [-0.05, 0) is 43.5 Å². The zero-order chi connectivity index (χ0) is 17.7. The van der Waals surface area contributed by atoms with Crippen molar-refractivity contribution in [3.63, 3.8) is 0 Å². The predicted octanol–water partition coefficient (Wildman–Crippen LogP) is 4.14. The Bertz CT molecular complexity index is 1020. The first-order valence-electron chi connectivity index (χ1n) is 8.84. The predicted molar refractivity (Wildman–Crippen MR) is 97.4 cm³/mol. The Morgan fingerprint density at radius 3 is 3.00 bits per heavy atom. The molecule has 3 aromatic rings. The van der Waals surface area contributed by atoms with Crippen LogP contribution in [0.1, 0.15) is 33.6 Å². The first kappa shape index (κ1) is 15.2. The van der Waals surface area contributed by atoms with Crippen LogP contribution < -0.4 is 9.64 Å². The molecule has 2 aliphatic rings. The lowest BCUT2D eigenvalue weighted by molar-refractivity contribution is 0.0974. The third-order valence-corrected chi connectivity index (χ3v) is 5.10. The SMILES string of the molecule is Cc1ccc2c(c1)-c1onc(C(=O)N3CCCc4ccccc43)c1CO2. The summed E-state index contributed by atoms with van der Waals surface area (Å²) in [6.45, 7) is 3.00. The van der Waals surface area contributed by atoms with E-state index < -0.39 is 0 Å². The molecule has 2 aromatic carbocycles. The summed E-state index contributed by atoms with van der Waals surface area (Å²) in [5.41, 5.74) is 5.21. The Morgan fingerprint density at radius 2 is 2.08 bits per heavy atom. The molecule has 0 N–H and O–H groups in total. The minimum atomic E-state index is -0.123. The summed E-state index contributed by atoms with van der Waals surface area (Å²) in [5.74, 6) is 1.28. The van der Waals surface area contributed by atoms with Gasteiger partial charge in [-0.15, -0.1) is 0 Å². The van der Waals surface area contributed by atoms with Crippen molar-refractivity contribution >= 4 is 11.6 Å². The zero-order valence-electron chi connectivity index (χ0n) is 14.5. The first-order valence-corrected chi connectivity index (χ1v) is 8.84. The van der Waals surface area contributed by atoms with Gasteiger partial charge in [-0.2, -0.15) is 0 Å². The van der Waals surface area contributed by atoms with Crippen LogP contribution in [0.4, 0.5) is 5.69 Å². The molecule has 0 unspecified atom stereocenters. The summed E-state index contributed by atoms with van der Waals surface area (Å²) in [6.07, 6.45) is 1.94. The zero-order valence-corrected chi connectivity index (χ0v) is 14.5. The van der Waals surface area contributed by atoms with Crippen LogP contribution in [0.5, 0.6) is 5.75 Å². The van der Waals surface area contributed by atoms with Crippen LogP contribution in [-0.4, -0.2) is 17.6 Å². The fraction of sp³-hybridized carbons (Fsp3) is 0.238. The van der Waals surface area contributed by atoms with E-state index in [0.29, 0.717) is 24.6 Å². The number of amides is 1. The standard InChI is InChI=1S/C21H18N2O3/c1-13-8-9-18-15(11-13)20-16(12-25-18)19(22-26-20)21(24)23-10-4-6-14-5-2-3-7-17(14)23/h2-3,5,7-9,11H,4,6,10,12H2,1H3. The molecule has 1 aromatic heterocycles. The van der Waals surface area contributed by atoms with Gasteiger partial charge in [0.05, 0.1) is 11.1 Å². The molecule has 5 nitrogen and oxygen atoms in total. The molecule has 0 saturated heterocycles. The maximum atomic E-state index is 13.2. The van der Waals surface area contributed by atoms with Crippen LogP contribution in [-0.2, 0) is 13.0 Å². The minimum Gasteiger partial charge on any atom is -0.488 e. The van der Waals surface area contributed by atoms with Crippen LogP contribution in [0.25, 0.3) is 11.3 Å². The van der Waals surface area contributed by atoms with Crippen molar-refractivity contribution in [2.45, 2.75) is 26.4 Å². The summed E-state index contributed by atoms with van der Waals surface area (Å²) in [6, 6.07) is 14.0. The summed E-state index contributed by atoms with van der Waals surface area (Å²) in [4.78, 5) is 15.0. The Labute approximate surface area is 151 Å². The monoisotopic (exact) mass is 346 g/mol. The maximum Gasteiger partial charge on any atom is 0.280 e. The van der Waals surface area contributed by atoms with E-state index in [-0.39, 0.29) is 5.91 Å². The molecule has 0 atom stereocenters. The first-order chi connectivity index (χ1) is 12.7. The van der Waals surface area contributed by atoms with Crippen molar-refractivity contribution in [3.8, 4) is 17.1 Å². The number of hydrogen-bond donors (Lipinski definition) is 0. The second kappa shape index (κ2) is 5.73. The fourth-order valence-electron chi connectivity index (χ4n) is 3.79. The van der Waals surface area contributed by atoms with E-state index in [1.165, 1.54) is 5.56 Å². The molecular formula is C21H18N2O3. The van der Waals surface area contributed by atoms with E-state index in [1.807, 2.05) is 48.2 Å². The minimum absolute atomic E-state index is 0.123. The number of aromatic nitrogens is 1. The molecular weight excluding hydrogens is 328 g/mol. The lowest BCUT2D eigenvalue weighted by Gasteiger charge is -2.29. The molecule has 0 spiro atoms. The fourth-order valence-corrected chi connectivity index (χ4v) is 3.79. The number of carbonyl (C=O) groups is 1. The highest BCUT2D eigenvalue weighted by molar-refractivity contribution is 6.07. The topological polar surface area (TPSA) is 55.6 Å². The van der Waals surface area contributed by atoms with Crippen molar-refractivity contribution in [1.29, 1.82) is 0 Å². The van der Waals surface area contributed by atoms with Crippen molar-refractivity contribution in [2.24, 2.45) is 0 Å². The Hall–Kier alpha value is -3.08. The molecule has 5 heteroatoms. The molecule has 0 saturated carbocycles. The molecule has 1 amide bonds. The van der Waals surface area contributed by atoms with Gasteiger partial charge in [0.2, 0.25) is 0 Å². The van der Waals surface area contributed by atoms with E-state index in [2.05, 4.69) is 11.2 Å². The Balaban J connectivity index is 1.57. The highest BCUT2D eigenvalue weighted by Gasteiger charge is 2.32. The quantitative estimate of drug-likeness (QED) is 0.665. The van der Waals surface area contributed by atoms with Gasteiger partial charge in [-0.25, -0.2) is 0 Å². The average Bonchev–Trinajstić information content (AvgIpc) is 3.11. The van der Waals surface area contributed by atoms with Gasteiger partial charge in [0, 0.05) is 12.2 Å². The largest absolute Gasteiger partial charge is 0.488 e. The number of benzene rings is 2. The number of ether oxygens (including phenoxy) is 1. The van der Waals surface area contributed by atoms with Crippen LogP contribution >= 0.6 is 0 Å². The molecule has 0 fully saturated rings. The van der Waals surface area contributed by atoms with Gasteiger partial charge in [0.25, 0.3) is 5.91 Å². The van der Waals surface area contributed by atoms with Gasteiger partial charge in [-0.3, -0.25) is 4.79 Å². The van der Waals surface area contributed by atoms with Gasteiger partial charge >= 0.3 is 0 Å². The lowest BCUT2D eigenvalue weighted by Crippen LogP contribution is -2.36. The van der Waals surface area contributed by atoms with E-state index in [1.54, 1.807) is 0 Å². The van der Waals surface area contributed by atoms with Crippen LogP contribution in [0.2, 0.25) is 0 Å². The number of rotatable bonds is 1. The van der Waals surface area contributed by atoms with Gasteiger partial charge in [0.15, 0.2) is 11.5 Å². The molecule has 5 rings (SSSR count). The average molecular weight is 346 g/mol. The number of aryl methyl sites for hydroxylation is 2. The van der Waals surface area contributed by atoms with E-state index in [0.717, 1.165) is 41.0 Å². The summed E-state index contributed by atoms with van der Waals surface area (Å²) >= 11 is 0. The number of carbonyl (C=O) groups excluding carboxylic acids is 1. The molecule has 0 radical (unpaired) electrons. The number of nitrogens with zero attached hydrogens (tertiary/aromatic N) is 2. The summed E-state index contributed by atoms with van der Waals surface area (Å²) in [5, 5.41) is 4.13. The molecule has 0 aliphatic carbocycles. The van der Waals surface area contributed by atoms with Crippen molar-refractivity contribution < 1.29 is 14.1 Å². The van der Waals surface area contributed by atoms with Crippen molar-refractivity contribution in [3.05, 3.63) is 64.8 Å². The van der Waals surface area contributed by atoms with Crippen LogP contribution in [0.3, 0.4) is 0 Å². The van der Waals surface area contributed by atoms with Gasteiger partial charge in [0.1, 0.15) is 12.4 Å². The van der Waals surface area contributed by atoms with Crippen LogP contribution in [0.15, 0.2) is 47.0 Å². The number of para-hydroxylation sites is 1. The third kappa shape index (κ3) is 2.24. The highest BCUT2D eigenvalue weighted by atomic mass is 16.5. The van der Waals surface area contributed by atoms with Crippen LogP contribution in [0, 0.1) is 6.92 Å². The van der Waals surface area contributed by atoms with E-state index in [9.17, 15) is 4.79 Å².